The van der Waals surface area contributed by atoms with Gasteiger partial charge in [0.2, 0.25) is 0 Å². The lowest BCUT2D eigenvalue weighted by atomic mass is 9.80. The molecule has 0 aliphatic heterocycles. The molecule has 0 radical (unpaired) electrons. The van der Waals surface area contributed by atoms with Crippen LogP contribution in [0.1, 0.15) is 79.1 Å². The van der Waals surface area contributed by atoms with E-state index >= 15 is 0 Å². The van der Waals surface area contributed by atoms with Gasteiger partial charge in [-0.3, -0.25) is 0 Å². The van der Waals surface area contributed by atoms with Crippen molar-refractivity contribution in [2.75, 3.05) is 21.3 Å². The summed E-state index contributed by atoms with van der Waals surface area (Å²) < 4.78 is 17.5. The Morgan fingerprint density at radius 1 is 0.833 bits per heavy atom. The Bertz CT molecular complexity index is 288. The van der Waals surface area contributed by atoms with Crippen molar-refractivity contribution < 1.29 is 13.3 Å². The summed E-state index contributed by atoms with van der Waals surface area (Å²) in [4.78, 5) is 0. The molecule has 0 fully saturated rings. The fourth-order valence-electron chi connectivity index (χ4n) is 3.70. The number of rotatable bonds is 14. The summed E-state index contributed by atoms with van der Waals surface area (Å²) >= 11 is 0. The van der Waals surface area contributed by atoms with Gasteiger partial charge in [0, 0.05) is 32.4 Å². The minimum atomic E-state index is -2.71. The highest BCUT2D eigenvalue weighted by atomic mass is 35.5. The van der Waals surface area contributed by atoms with Crippen LogP contribution in [0.5, 0.6) is 0 Å². The molecule has 0 bridgehead atoms. The van der Waals surface area contributed by atoms with Crippen molar-refractivity contribution >= 4 is 21.2 Å². The van der Waals surface area contributed by atoms with Crippen LogP contribution in [0.2, 0.25) is 5.54 Å². The summed E-state index contributed by atoms with van der Waals surface area (Å²) in [6.45, 7) is 8.71. The van der Waals surface area contributed by atoms with E-state index in [1.54, 1.807) is 21.3 Å². The van der Waals surface area contributed by atoms with Crippen LogP contribution < -0.4 is 5.73 Å². The van der Waals surface area contributed by atoms with Gasteiger partial charge in [-0.2, -0.15) is 0 Å². The van der Waals surface area contributed by atoms with E-state index in [-0.39, 0.29) is 23.5 Å². The lowest BCUT2D eigenvalue weighted by molar-refractivity contribution is 0.0869. The minimum Gasteiger partial charge on any atom is -0.377 e. The monoisotopic (exact) mass is 383 g/mol. The molecule has 6 heteroatoms. The zero-order valence-electron chi connectivity index (χ0n) is 17.0. The van der Waals surface area contributed by atoms with Gasteiger partial charge in [0.05, 0.1) is 0 Å². The molecule has 24 heavy (non-hydrogen) atoms. The molecule has 0 aromatic carbocycles. The second-order valence-corrected chi connectivity index (χ2v) is 10.4. The van der Waals surface area contributed by atoms with Crippen molar-refractivity contribution in [1.29, 1.82) is 0 Å². The highest BCUT2D eigenvalue weighted by Gasteiger charge is 2.52. The maximum absolute atomic E-state index is 6.53. The average molecular weight is 384 g/mol. The van der Waals surface area contributed by atoms with Crippen molar-refractivity contribution in [3.05, 3.63) is 0 Å². The van der Waals surface area contributed by atoms with Gasteiger partial charge in [-0.25, -0.2) is 0 Å². The summed E-state index contributed by atoms with van der Waals surface area (Å²) in [6.07, 6.45) is 9.58. The molecule has 0 heterocycles. The maximum atomic E-state index is 6.53. The first-order valence-corrected chi connectivity index (χ1v) is 11.1. The van der Waals surface area contributed by atoms with Crippen LogP contribution in [-0.2, 0) is 13.3 Å². The lowest BCUT2D eigenvalue weighted by Crippen LogP contribution is -2.55. The third-order valence-electron chi connectivity index (χ3n) is 4.97. The summed E-state index contributed by atoms with van der Waals surface area (Å²) in [5, 5.41) is 0. The van der Waals surface area contributed by atoms with Crippen molar-refractivity contribution in [3.8, 4) is 0 Å². The van der Waals surface area contributed by atoms with Gasteiger partial charge < -0.3 is 19.0 Å². The molecule has 0 rings (SSSR count). The Morgan fingerprint density at radius 2 is 1.33 bits per heavy atom. The van der Waals surface area contributed by atoms with E-state index in [1.165, 1.54) is 32.1 Å². The zero-order valence-corrected chi connectivity index (χ0v) is 18.8. The predicted molar refractivity (Wildman–Crippen MR) is 108 cm³/mol. The second kappa shape index (κ2) is 13.5. The molecule has 2 unspecified atom stereocenters. The Hall–Kier alpha value is 0.347. The minimum absolute atomic E-state index is 0. The van der Waals surface area contributed by atoms with Gasteiger partial charge in [0.1, 0.15) is 0 Å². The van der Waals surface area contributed by atoms with Gasteiger partial charge in [0.25, 0.3) is 0 Å². The van der Waals surface area contributed by atoms with E-state index in [0.717, 1.165) is 19.3 Å². The molecular weight excluding hydrogens is 342 g/mol. The Labute approximate surface area is 158 Å². The molecule has 0 aromatic heterocycles. The molecule has 0 amide bonds. The molecular formula is C18H42ClNO3Si. The normalized spacial score (nSPS) is 15.0. The van der Waals surface area contributed by atoms with Crippen LogP contribution >= 0.6 is 12.4 Å². The SMILES string of the molecule is CCCCCCCC(C(CCC)C(C)(C)N)[Si](OC)(OC)OC.Cl. The van der Waals surface area contributed by atoms with Crippen LogP contribution in [0.4, 0.5) is 0 Å². The van der Waals surface area contributed by atoms with Crippen LogP contribution in [0, 0.1) is 5.92 Å². The van der Waals surface area contributed by atoms with Crippen molar-refractivity contribution in [1.82, 2.24) is 0 Å². The Balaban J connectivity index is 0. The molecule has 2 atom stereocenters. The van der Waals surface area contributed by atoms with E-state index in [1.807, 2.05) is 0 Å². The molecule has 2 N–H and O–H groups in total. The first-order chi connectivity index (χ1) is 10.8. The number of halogens is 1. The number of hydrogen-bond acceptors (Lipinski definition) is 4. The van der Waals surface area contributed by atoms with Crippen molar-refractivity contribution in [3.63, 3.8) is 0 Å². The van der Waals surface area contributed by atoms with E-state index in [0.29, 0.717) is 5.92 Å². The molecule has 0 aliphatic rings. The van der Waals surface area contributed by atoms with E-state index in [2.05, 4.69) is 27.7 Å². The largest absolute Gasteiger partial charge is 0.503 e. The highest BCUT2D eigenvalue weighted by Crippen LogP contribution is 2.43. The number of nitrogens with two attached hydrogens (primary N) is 1. The van der Waals surface area contributed by atoms with Crippen LogP contribution in [0.25, 0.3) is 0 Å². The molecule has 4 nitrogen and oxygen atoms in total. The molecule has 0 aliphatic carbocycles. The highest BCUT2D eigenvalue weighted by molar-refractivity contribution is 6.62. The predicted octanol–water partition coefficient (Wildman–Crippen LogP) is 5.17. The van der Waals surface area contributed by atoms with E-state index in [9.17, 15) is 0 Å². The van der Waals surface area contributed by atoms with Gasteiger partial charge in [0.15, 0.2) is 0 Å². The fraction of sp³-hybridized carbons (Fsp3) is 1.00. The standard InChI is InChI=1S/C18H41NO3Si.ClH/c1-8-10-11-12-13-15-17(23(20-5,21-6)22-7)16(14-9-2)18(3,4)19;/h16-17H,8-15,19H2,1-7H3;1H. The topological polar surface area (TPSA) is 53.7 Å². The first-order valence-electron chi connectivity index (χ1n) is 9.27. The van der Waals surface area contributed by atoms with Gasteiger partial charge in [-0.15, -0.1) is 12.4 Å². The van der Waals surface area contributed by atoms with Crippen LogP contribution in [0.15, 0.2) is 0 Å². The second-order valence-electron chi connectivity index (χ2n) is 7.24. The van der Waals surface area contributed by atoms with Crippen LogP contribution in [-0.4, -0.2) is 35.7 Å². The Morgan fingerprint density at radius 3 is 1.71 bits per heavy atom. The van der Waals surface area contributed by atoms with E-state index in [4.69, 9.17) is 19.0 Å². The molecule has 0 spiro atoms. The van der Waals surface area contributed by atoms with Gasteiger partial charge in [-0.1, -0.05) is 52.4 Å². The zero-order chi connectivity index (χ0) is 17.9. The summed E-state index contributed by atoms with van der Waals surface area (Å²) in [5.74, 6) is 0.338. The van der Waals surface area contributed by atoms with E-state index < -0.39 is 8.80 Å². The smallest absolute Gasteiger partial charge is 0.377 e. The number of hydrogen-bond donors (Lipinski definition) is 1. The fourth-order valence-corrected chi connectivity index (χ4v) is 6.75. The number of unbranched alkanes of at least 4 members (excludes halogenated alkanes) is 4. The molecule has 0 saturated heterocycles. The molecule has 0 saturated carbocycles. The van der Waals surface area contributed by atoms with Crippen LogP contribution in [0.3, 0.4) is 0 Å². The van der Waals surface area contributed by atoms with Crippen molar-refractivity contribution in [2.45, 2.75) is 90.1 Å². The third kappa shape index (κ3) is 8.15. The average Bonchev–Trinajstić information content (AvgIpc) is 2.51. The third-order valence-corrected chi connectivity index (χ3v) is 8.27. The maximum Gasteiger partial charge on any atom is 0.503 e. The lowest BCUT2D eigenvalue weighted by Gasteiger charge is -2.43. The summed E-state index contributed by atoms with van der Waals surface area (Å²) in [5.41, 5.74) is 6.52. The molecule has 0 aromatic rings. The van der Waals surface area contributed by atoms with Gasteiger partial charge >= 0.3 is 8.80 Å². The Kier molecular flexibility index (Phi) is 15.0. The summed E-state index contributed by atoms with van der Waals surface area (Å²) in [6, 6.07) is 0. The summed E-state index contributed by atoms with van der Waals surface area (Å²) in [7, 11) is 2.45. The van der Waals surface area contributed by atoms with Gasteiger partial charge in [-0.05, 0) is 32.6 Å². The molecule has 148 valence electrons. The quantitative estimate of drug-likeness (QED) is 0.332. The van der Waals surface area contributed by atoms with Crippen molar-refractivity contribution in [2.24, 2.45) is 11.7 Å². The first kappa shape index (κ1) is 26.6.